The second-order valence-electron chi connectivity index (χ2n) is 16.9. The highest BCUT2D eigenvalue weighted by Crippen LogP contribution is 2.48. The van der Waals surface area contributed by atoms with Gasteiger partial charge in [0, 0.05) is 68.3 Å². The van der Waals surface area contributed by atoms with E-state index in [1.54, 1.807) is 24.4 Å². The Morgan fingerprint density at radius 3 is 1.75 bits per heavy atom. The highest BCUT2D eigenvalue weighted by Gasteiger charge is 2.28. The van der Waals surface area contributed by atoms with Crippen molar-refractivity contribution in [2.24, 2.45) is 5.73 Å². The number of nitrogens with one attached hydrogen (secondary N) is 1. The monoisotopic (exact) mass is 946 g/mol. The van der Waals surface area contributed by atoms with Gasteiger partial charge < -0.3 is 25.0 Å². The Bertz CT molecular complexity index is 3470. The van der Waals surface area contributed by atoms with E-state index in [2.05, 4.69) is 188 Å². The van der Waals surface area contributed by atoms with Crippen LogP contribution in [0.15, 0.2) is 255 Å². The quantitative estimate of drug-likeness (QED) is 0.142. The Balaban J connectivity index is 0.000000225. The topological polar surface area (TPSA) is 62.5 Å². The predicted octanol–water partition coefficient (Wildman–Crippen LogP) is 18.4. The molecule has 0 fully saturated rings. The molecule has 10 rings (SSSR count). The third-order valence-corrected chi connectivity index (χ3v) is 12.5. The minimum atomic E-state index is 0.174. The summed E-state index contributed by atoms with van der Waals surface area (Å²) in [6, 6.07) is 37.0. The number of aromatic nitrogens is 2. The molecule has 0 bridgehead atoms. The molecule has 1 unspecified atom stereocenters. The fourth-order valence-electron chi connectivity index (χ4n) is 9.35. The van der Waals surface area contributed by atoms with Crippen LogP contribution in [0.25, 0.3) is 65.6 Å². The molecular formula is C67H71N5. The van der Waals surface area contributed by atoms with Crippen LogP contribution in [0.4, 0.5) is 5.69 Å². The lowest BCUT2D eigenvalue weighted by Crippen LogP contribution is -2.26. The second-order valence-corrected chi connectivity index (χ2v) is 16.9. The van der Waals surface area contributed by atoms with Gasteiger partial charge in [-0.05, 0) is 91.4 Å². The average molecular weight is 946 g/mol. The summed E-state index contributed by atoms with van der Waals surface area (Å²) in [4.78, 5) is 2.43. The Hall–Kier alpha value is -8.41. The number of rotatable bonds is 9. The van der Waals surface area contributed by atoms with Gasteiger partial charge in [0.2, 0.25) is 0 Å². The molecule has 3 N–H and O–H groups in total. The van der Waals surface area contributed by atoms with Crippen molar-refractivity contribution in [3.05, 3.63) is 261 Å². The molecule has 364 valence electrons. The van der Waals surface area contributed by atoms with Gasteiger partial charge in [-0.2, -0.15) is 0 Å². The number of hydrogen-bond acceptors (Lipinski definition) is 3. The number of anilines is 1. The molecule has 72 heavy (non-hydrogen) atoms. The van der Waals surface area contributed by atoms with Crippen LogP contribution in [0.5, 0.6) is 0 Å². The first kappa shape index (κ1) is 53.0. The van der Waals surface area contributed by atoms with Crippen molar-refractivity contribution in [3.63, 3.8) is 0 Å². The van der Waals surface area contributed by atoms with E-state index in [1.807, 2.05) is 88.5 Å². The largest absolute Gasteiger partial charge is 0.405 e. The maximum absolute atomic E-state index is 7.05. The Morgan fingerprint density at radius 1 is 0.667 bits per heavy atom. The van der Waals surface area contributed by atoms with Gasteiger partial charge >= 0.3 is 0 Å². The van der Waals surface area contributed by atoms with Crippen LogP contribution in [-0.2, 0) is 0 Å². The Labute approximate surface area is 428 Å². The van der Waals surface area contributed by atoms with Gasteiger partial charge in [-0.15, -0.1) is 0 Å². The lowest BCUT2D eigenvalue weighted by Gasteiger charge is -2.31. The zero-order chi connectivity index (χ0) is 51.6. The van der Waals surface area contributed by atoms with E-state index in [4.69, 9.17) is 11.1 Å². The van der Waals surface area contributed by atoms with Crippen molar-refractivity contribution in [3.8, 4) is 0 Å². The molecule has 0 radical (unpaired) electrons. The Morgan fingerprint density at radius 2 is 1.21 bits per heavy atom. The summed E-state index contributed by atoms with van der Waals surface area (Å²) in [5.41, 5.74) is 20.1. The van der Waals surface area contributed by atoms with E-state index in [-0.39, 0.29) is 5.92 Å². The molecule has 1 aliphatic carbocycles. The summed E-state index contributed by atoms with van der Waals surface area (Å²) >= 11 is 0. The molecule has 3 aromatic heterocycles. The first-order valence-electron chi connectivity index (χ1n) is 25.2. The molecule has 8 aromatic rings. The number of para-hydroxylation sites is 4. The lowest BCUT2D eigenvalue weighted by molar-refractivity contribution is 0.942. The van der Waals surface area contributed by atoms with Gasteiger partial charge in [-0.25, -0.2) is 0 Å². The number of fused-ring (bicyclic) bond motifs is 11. The average Bonchev–Trinajstić information content (AvgIpc) is 4.08. The maximum atomic E-state index is 7.05. The molecule has 5 heteroatoms. The van der Waals surface area contributed by atoms with Gasteiger partial charge in [0.25, 0.3) is 0 Å². The molecule has 0 spiro atoms. The molecular weight excluding hydrogens is 875 g/mol. The van der Waals surface area contributed by atoms with E-state index >= 15 is 0 Å². The minimum absolute atomic E-state index is 0.174. The normalized spacial score (nSPS) is 16.6. The van der Waals surface area contributed by atoms with E-state index in [9.17, 15) is 0 Å². The fourth-order valence-corrected chi connectivity index (χ4v) is 9.35. The molecule has 0 amide bonds. The molecule has 0 saturated carbocycles. The van der Waals surface area contributed by atoms with Crippen molar-refractivity contribution in [2.75, 3.05) is 11.4 Å². The first-order valence-corrected chi connectivity index (χ1v) is 25.2. The van der Waals surface area contributed by atoms with Crippen molar-refractivity contribution in [1.82, 2.24) is 8.97 Å². The fraction of sp³-hybridized carbons (Fsp3) is 0.149. The van der Waals surface area contributed by atoms with Crippen molar-refractivity contribution >= 4 is 77.0 Å². The third kappa shape index (κ3) is 11.3. The van der Waals surface area contributed by atoms with Crippen LogP contribution in [0.3, 0.4) is 0 Å². The van der Waals surface area contributed by atoms with Gasteiger partial charge in [0.1, 0.15) is 0 Å². The van der Waals surface area contributed by atoms with E-state index in [0.717, 1.165) is 12.1 Å². The molecule has 1 aliphatic heterocycles. The van der Waals surface area contributed by atoms with Gasteiger partial charge in [0.05, 0.1) is 33.3 Å². The van der Waals surface area contributed by atoms with Crippen molar-refractivity contribution in [1.29, 1.82) is 5.41 Å². The van der Waals surface area contributed by atoms with E-state index in [1.165, 1.54) is 88.0 Å². The van der Waals surface area contributed by atoms with Crippen LogP contribution in [0.1, 0.15) is 66.4 Å². The molecule has 5 aromatic carbocycles. The van der Waals surface area contributed by atoms with E-state index in [0.29, 0.717) is 12.3 Å². The van der Waals surface area contributed by atoms with Crippen molar-refractivity contribution < 1.29 is 0 Å². The van der Waals surface area contributed by atoms with Crippen LogP contribution in [0.2, 0.25) is 0 Å². The second kappa shape index (κ2) is 26.0. The number of nitrogens with zero attached hydrogens (tertiary/aromatic N) is 3. The van der Waals surface area contributed by atoms with Gasteiger partial charge in [-0.1, -0.05) is 212 Å². The van der Waals surface area contributed by atoms with Crippen LogP contribution in [-0.4, -0.2) is 21.2 Å². The third-order valence-electron chi connectivity index (χ3n) is 12.5. The molecule has 5 nitrogen and oxygen atoms in total. The zero-order valence-corrected chi connectivity index (χ0v) is 43.3. The summed E-state index contributed by atoms with van der Waals surface area (Å²) < 4.78 is 4.75. The summed E-state index contributed by atoms with van der Waals surface area (Å²) in [5.74, 6) is 0.174. The number of nitrogens with two attached hydrogens (primary N) is 1. The van der Waals surface area contributed by atoms with Gasteiger partial charge in [-0.3, -0.25) is 0 Å². The number of benzene rings is 5. The van der Waals surface area contributed by atoms with Crippen molar-refractivity contribution in [2.45, 2.75) is 60.8 Å². The smallest absolute Gasteiger partial charge is 0.0641 e. The predicted molar refractivity (Wildman–Crippen MR) is 321 cm³/mol. The molecule has 2 aliphatic rings. The SMILES string of the molecule is C=C/C=C\C=C(/C)n1c2ccccc2c2ccccc21.C=C\C=C/C1=C(C)/C=C\C(C)c2cc3c4ccccc4n4c5ccccc5c(c2N(C(/C=C\N)=C/C=C/C=C)C1)c34.CC.CC.N=C1C=CC=CC1. The number of hydrogen-bond donors (Lipinski definition) is 2. The maximum Gasteiger partial charge on any atom is 0.0641 e. The standard InChI is InChI=1S/C38H35N3.C19H17N.C6H7N.2C2H6/c1-5-7-9-15-29(22-23-39)40-25-28(14-8-6-2)26(3)20-21-27(4)32-24-33-30-16-10-12-18-34(30)41-35-19-13-11-17-31(35)36(37(32)40)38(33)41;1-3-4-5-10-15(2)20-18-13-8-6-11-16(18)17-12-7-9-14-19(17)20;7-6-4-2-1-3-5-6;2*1-2/h5-24,27H,1-2,25,39H2,3-4H3;3-14H,1H2,2H3;1-4,7H,5H2;2*1-2H3/b9-7+,14-8-,21-20-,23-22-,28-26-,29-15+;5-4-,15-10+;;;. The molecule has 4 heterocycles. The molecule has 1 atom stereocenters. The lowest BCUT2D eigenvalue weighted by atomic mass is 9.92. The van der Waals surface area contributed by atoms with Gasteiger partial charge in [0.15, 0.2) is 0 Å². The highest BCUT2D eigenvalue weighted by atomic mass is 15.1. The van der Waals surface area contributed by atoms with Crippen LogP contribution >= 0.6 is 0 Å². The summed E-state index contributed by atoms with van der Waals surface area (Å²) in [6.45, 7) is 26.8. The highest BCUT2D eigenvalue weighted by molar-refractivity contribution is 6.27. The number of allylic oxidation sites excluding steroid dienone is 19. The van der Waals surface area contributed by atoms with Crippen LogP contribution < -0.4 is 10.6 Å². The summed E-state index contributed by atoms with van der Waals surface area (Å²) in [7, 11) is 0. The van der Waals surface area contributed by atoms with Crippen LogP contribution in [0, 0.1) is 5.41 Å². The minimum Gasteiger partial charge on any atom is -0.405 e. The first-order chi connectivity index (χ1) is 35.3. The summed E-state index contributed by atoms with van der Waals surface area (Å²) in [5, 5.41) is 14.7. The summed E-state index contributed by atoms with van der Waals surface area (Å²) in [6.07, 6.45) is 38.4. The van der Waals surface area contributed by atoms with E-state index < -0.39 is 0 Å². The Kier molecular flexibility index (Phi) is 19.1. The zero-order valence-electron chi connectivity index (χ0n) is 43.3. The molecule has 0 saturated heterocycles.